The van der Waals surface area contributed by atoms with Gasteiger partial charge in [0.1, 0.15) is 6.07 Å². The number of H-pyrrole nitrogens is 1. The number of hydrogen-bond donors (Lipinski definition) is 2. The lowest BCUT2D eigenvalue weighted by molar-refractivity contribution is -0.115. The van der Waals surface area contributed by atoms with Crippen LogP contribution in [0.5, 0.6) is 0 Å². The highest BCUT2D eigenvalue weighted by molar-refractivity contribution is 8.00. The first kappa shape index (κ1) is 17.5. The van der Waals surface area contributed by atoms with Crippen molar-refractivity contribution in [3.8, 4) is 16.8 Å². The number of amides is 1. The van der Waals surface area contributed by atoms with E-state index < -0.39 is 5.25 Å². The Morgan fingerprint density at radius 1 is 1.48 bits per heavy atom. The van der Waals surface area contributed by atoms with Crippen LogP contribution in [0.1, 0.15) is 12.5 Å². The van der Waals surface area contributed by atoms with Gasteiger partial charge in [-0.2, -0.15) is 5.26 Å². The van der Waals surface area contributed by atoms with Gasteiger partial charge >= 0.3 is 0 Å². The van der Waals surface area contributed by atoms with Crippen molar-refractivity contribution in [3.05, 3.63) is 46.3 Å². The lowest BCUT2D eigenvalue weighted by atomic mass is 10.2. The molecule has 6 nitrogen and oxygen atoms in total. The van der Waals surface area contributed by atoms with Crippen LogP contribution >= 0.6 is 34.7 Å². The van der Waals surface area contributed by atoms with Gasteiger partial charge in [0.25, 0.3) is 0 Å². The second-order valence-electron chi connectivity index (χ2n) is 5.00. The molecule has 1 atom stereocenters. The smallest absolute Gasteiger partial charge is 0.237 e. The predicted octanol–water partition coefficient (Wildman–Crippen LogP) is 4.18. The average Bonchev–Trinajstić information content (AvgIpc) is 3.26. The third-order valence-electron chi connectivity index (χ3n) is 3.23. The van der Waals surface area contributed by atoms with Crippen molar-refractivity contribution < 1.29 is 4.79 Å². The number of thioether (sulfide) groups is 1. The molecule has 0 saturated carbocycles. The van der Waals surface area contributed by atoms with E-state index in [0.717, 1.165) is 4.88 Å². The Labute approximate surface area is 157 Å². The molecule has 1 aromatic carbocycles. The number of nitrogens with zero attached hydrogens (tertiary/aromatic N) is 3. The lowest BCUT2D eigenvalue weighted by Gasteiger charge is -2.10. The van der Waals surface area contributed by atoms with Crippen molar-refractivity contribution in [2.75, 3.05) is 5.32 Å². The number of rotatable bonds is 5. The van der Waals surface area contributed by atoms with Crippen molar-refractivity contribution in [2.45, 2.75) is 17.3 Å². The first-order valence-corrected chi connectivity index (χ1v) is 9.34. The fourth-order valence-electron chi connectivity index (χ4n) is 1.96. The zero-order valence-corrected chi connectivity index (χ0v) is 15.4. The topological polar surface area (TPSA) is 94.5 Å². The summed E-state index contributed by atoms with van der Waals surface area (Å²) in [7, 11) is 0. The van der Waals surface area contributed by atoms with Gasteiger partial charge in [0.15, 0.2) is 5.82 Å². The van der Waals surface area contributed by atoms with Crippen molar-refractivity contribution in [1.82, 2.24) is 15.2 Å². The molecule has 0 bridgehead atoms. The SMILES string of the molecule is C[C@H](Sc1n[nH]c(-c2cccs2)n1)C(=O)Nc1ccc(C#N)c(Cl)c1. The number of carbonyl (C=O) groups excluding carboxylic acids is 1. The fourth-order valence-corrected chi connectivity index (χ4v) is 3.57. The zero-order chi connectivity index (χ0) is 17.8. The fraction of sp³-hybridized carbons (Fsp3) is 0.125. The van der Waals surface area contributed by atoms with E-state index in [2.05, 4.69) is 20.5 Å². The minimum absolute atomic E-state index is 0.201. The summed E-state index contributed by atoms with van der Waals surface area (Å²) in [5.74, 6) is 0.484. The summed E-state index contributed by atoms with van der Waals surface area (Å²) < 4.78 is 0. The molecule has 1 amide bonds. The number of nitriles is 1. The van der Waals surface area contributed by atoms with E-state index in [9.17, 15) is 4.79 Å². The second kappa shape index (κ2) is 7.70. The van der Waals surface area contributed by atoms with E-state index in [4.69, 9.17) is 16.9 Å². The molecular weight excluding hydrogens is 378 g/mol. The van der Waals surface area contributed by atoms with E-state index in [1.807, 2.05) is 23.6 Å². The van der Waals surface area contributed by atoms with Crippen LogP contribution in [0.4, 0.5) is 5.69 Å². The van der Waals surface area contributed by atoms with E-state index in [0.29, 0.717) is 27.3 Å². The maximum atomic E-state index is 12.3. The molecule has 0 unspecified atom stereocenters. The Morgan fingerprint density at radius 3 is 3.00 bits per heavy atom. The van der Waals surface area contributed by atoms with Crippen LogP contribution in [0.2, 0.25) is 5.02 Å². The third-order valence-corrected chi connectivity index (χ3v) is 5.38. The monoisotopic (exact) mass is 389 g/mol. The van der Waals surface area contributed by atoms with Crippen molar-refractivity contribution >= 4 is 46.3 Å². The Hall–Kier alpha value is -2.34. The molecule has 0 aliphatic rings. The minimum Gasteiger partial charge on any atom is -0.325 e. The number of thiophene rings is 1. The van der Waals surface area contributed by atoms with Crippen molar-refractivity contribution in [3.63, 3.8) is 0 Å². The third kappa shape index (κ3) is 4.20. The van der Waals surface area contributed by atoms with Crippen molar-refractivity contribution in [1.29, 1.82) is 5.26 Å². The maximum Gasteiger partial charge on any atom is 0.237 e. The van der Waals surface area contributed by atoms with Crippen LogP contribution in [0.25, 0.3) is 10.7 Å². The molecule has 0 aliphatic carbocycles. The molecule has 0 saturated heterocycles. The molecule has 25 heavy (non-hydrogen) atoms. The van der Waals surface area contributed by atoms with Crippen LogP contribution in [-0.2, 0) is 4.79 Å². The molecule has 3 rings (SSSR count). The van der Waals surface area contributed by atoms with E-state index >= 15 is 0 Å². The quantitative estimate of drug-likeness (QED) is 0.638. The molecule has 0 spiro atoms. The molecule has 9 heteroatoms. The van der Waals surface area contributed by atoms with E-state index in [-0.39, 0.29) is 5.91 Å². The van der Waals surface area contributed by atoms with E-state index in [1.165, 1.54) is 11.8 Å². The highest BCUT2D eigenvalue weighted by Crippen LogP contribution is 2.26. The number of aromatic amines is 1. The summed E-state index contributed by atoms with van der Waals surface area (Å²) in [5, 5.41) is 21.0. The first-order chi connectivity index (χ1) is 12.1. The number of aromatic nitrogens is 3. The van der Waals surface area contributed by atoms with Gasteiger partial charge in [0, 0.05) is 5.69 Å². The lowest BCUT2D eigenvalue weighted by Crippen LogP contribution is -2.22. The molecule has 126 valence electrons. The van der Waals surface area contributed by atoms with E-state index in [1.54, 1.807) is 36.5 Å². The van der Waals surface area contributed by atoms with Gasteiger partial charge in [-0.3, -0.25) is 9.89 Å². The summed E-state index contributed by atoms with van der Waals surface area (Å²) in [4.78, 5) is 17.7. The van der Waals surface area contributed by atoms with Gasteiger partial charge in [0.2, 0.25) is 11.1 Å². The summed E-state index contributed by atoms with van der Waals surface area (Å²) in [6.45, 7) is 1.77. The summed E-state index contributed by atoms with van der Waals surface area (Å²) in [5.41, 5.74) is 0.902. The molecule has 2 heterocycles. The Bertz CT molecular complexity index is 932. The number of carbonyl (C=O) groups is 1. The van der Waals surface area contributed by atoms with Gasteiger partial charge in [-0.1, -0.05) is 29.4 Å². The molecular formula is C16H12ClN5OS2. The number of benzene rings is 1. The molecule has 0 fully saturated rings. The first-order valence-electron chi connectivity index (χ1n) is 7.20. The van der Waals surface area contributed by atoms with Gasteiger partial charge in [-0.05, 0) is 36.6 Å². The van der Waals surface area contributed by atoms with Crippen molar-refractivity contribution in [2.24, 2.45) is 0 Å². The maximum absolute atomic E-state index is 12.3. The van der Waals surface area contributed by atoms with Gasteiger partial charge in [-0.25, -0.2) is 4.98 Å². The predicted molar refractivity (Wildman–Crippen MR) is 99.8 cm³/mol. The Kier molecular flexibility index (Phi) is 5.38. The molecule has 0 radical (unpaired) electrons. The number of nitrogens with one attached hydrogen (secondary N) is 2. The zero-order valence-electron chi connectivity index (χ0n) is 13.0. The number of anilines is 1. The largest absolute Gasteiger partial charge is 0.325 e. The molecule has 2 aromatic heterocycles. The summed E-state index contributed by atoms with van der Waals surface area (Å²) in [6.07, 6.45) is 0. The highest BCUT2D eigenvalue weighted by atomic mass is 35.5. The number of hydrogen-bond acceptors (Lipinski definition) is 6. The summed E-state index contributed by atoms with van der Waals surface area (Å²) >= 11 is 8.79. The van der Waals surface area contributed by atoms with Gasteiger partial charge in [0.05, 0.1) is 20.7 Å². The van der Waals surface area contributed by atoms with Crippen LogP contribution in [0.3, 0.4) is 0 Å². The normalized spacial score (nSPS) is 11.7. The highest BCUT2D eigenvalue weighted by Gasteiger charge is 2.18. The second-order valence-corrected chi connectivity index (χ2v) is 7.66. The van der Waals surface area contributed by atoms with Crippen LogP contribution in [-0.4, -0.2) is 26.3 Å². The molecule has 3 aromatic rings. The van der Waals surface area contributed by atoms with Gasteiger partial charge < -0.3 is 5.32 Å². The van der Waals surface area contributed by atoms with Crippen LogP contribution in [0, 0.1) is 11.3 Å². The van der Waals surface area contributed by atoms with Crippen LogP contribution < -0.4 is 5.32 Å². The molecule has 0 aliphatic heterocycles. The Balaban J connectivity index is 1.63. The Morgan fingerprint density at radius 2 is 2.32 bits per heavy atom. The summed E-state index contributed by atoms with van der Waals surface area (Å²) in [6, 6.07) is 10.6. The van der Waals surface area contributed by atoms with Crippen LogP contribution in [0.15, 0.2) is 40.9 Å². The van der Waals surface area contributed by atoms with Gasteiger partial charge in [-0.15, -0.1) is 16.4 Å². The standard InChI is InChI=1S/C16H12ClN5OS2/c1-9(15(23)19-11-5-4-10(8-18)12(17)7-11)25-16-20-14(21-22-16)13-3-2-6-24-13/h2-7,9H,1H3,(H,19,23)(H,20,21,22)/t9-/m0/s1. The number of halogens is 1. The average molecular weight is 390 g/mol. The molecule has 2 N–H and O–H groups in total. The minimum atomic E-state index is -0.401.